The van der Waals surface area contributed by atoms with E-state index >= 15 is 0 Å². The van der Waals surface area contributed by atoms with Gasteiger partial charge in [0, 0.05) is 17.2 Å². The summed E-state index contributed by atoms with van der Waals surface area (Å²) in [6, 6.07) is 15.8. The number of aliphatic carboxylic acids is 1. The maximum atomic E-state index is 12.5. The molecule has 2 aromatic carbocycles. The van der Waals surface area contributed by atoms with Crippen molar-refractivity contribution in [2.45, 2.75) is 31.1 Å². The fourth-order valence-electron chi connectivity index (χ4n) is 3.11. The quantitative estimate of drug-likeness (QED) is 0.671. The Labute approximate surface area is 163 Å². The molecule has 0 aromatic heterocycles. The van der Waals surface area contributed by atoms with E-state index in [0.29, 0.717) is 12.4 Å². The van der Waals surface area contributed by atoms with Crippen molar-refractivity contribution in [3.05, 3.63) is 65.2 Å². The SMILES string of the molecule is O=C(O)CCSCc1cccc(NC(=O)CC2OCCc3ccccc32)c1. The first-order valence-electron chi connectivity index (χ1n) is 8.99. The van der Waals surface area contributed by atoms with Crippen LogP contribution in [0.15, 0.2) is 48.5 Å². The van der Waals surface area contributed by atoms with E-state index in [0.717, 1.165) is 29.0 Å². The predicted octanol–water partition coefficient (Wildman–Crippen LogP) is 4.04. The van der Waals surface area contributed by atoms with Gasteiger partial charge in [-0.3, -0.25) is 9.59 Å². The standard InChI is InChI=1S/C21H23NO4S/c23-20(13-19-18-7-2-1-5-16(18)8-10-26-19)22-17-6-3-4-15(12-17)14-27-11-9-21(24)25/h1-7,12,19H,8-11,13-14H2,(H,22,23)(H,24,25). The number of hydrogen-bond acceptors (Lipinski definition) is 4. The van der Waals surface area contributed by atoms with E-state index in [1.807, 2.05) is 42.5 Å². The summed E-state index contributed by atoms with van der Waals surface area (Å²) in [5.41, 5.74) is 4.16. The van der Waals surface area contributed by atoms with E-state index in [1.165, 1.54) is 5.56 Å². The lowest BCUT2D eigenvalue weighted by molar-refractivity contribution is -0.136. The van der Waals surface area contributed by atoms with Crippen LogP contribution in [0.1, 0.15) is 35.6 Å². The highest BCUT2D eigenvalue weighted by molar-refractivity contribution is 7.98. The molecule has 1 heterocycles. The molecule has 1 aliphatic rings. The Kier molecular flexibility index (Phi) is 6.90. The van der Waals surface area contributed by atoms with Crippen LogP contribution >= 0.6 is 11.8 Å². The van der Waals surface area contributed by atoms with Crippen LogP contribution in [-0.2, 0) is 26.5 Å². The largest absolute Gasteiger partial charge is 0.481 e. The van der Waals surface area contributed by atoms with Gasteiger partial charge in [0.2, 0.25) is 5.91 Å². The van der Waals surface area contributed by atoms with Crippen molar-refractivity contribution in [2.24, 2.45) is 0 Å². The summed E-state index contributed by atoms with van der Waals surface area (Å²) in [6.45, 7) is 0.637. The van der Waals surface area contributed by atoms with Crippen molar-refractivity contribution in [3.8, 4) is 0 Å². The Balaban J connectivity index is 1.54. The fraction of sp³-hybridized carbons (Fsp3) is 0.333. The van der Waals surface area contributed by atoms with E-state index in [2.05, 4.69) is 11.4 Å². The van der Waals surface area contributed by atoms with Crippen LogP contribution in [0, 0.1) is 0 Å². The second-order valence-corrected chi connectivity index (χ2v) is 7.56. The number of amides is 1. The molecule has 0 aliphatic carbocycles. The third kappa shape index (κ3) is 5.84. The molecule has 3 rings (SSSR count). The van der Waals surface area contributed by atoms with Gasteiger partial charge >= 0.3 is 5.97 Å². The number of anilines is 1. The molecule has 27 heavy (non-hydrogen) atoms. The Bertz CT molecular complexity index is 808. The highest BCUT2D eigenvalue weighted by Crippen LogP contribution is 2.29. The second-order valence-electron chi connectivity index (χ2n) is 6.46. The van der Waals surface area contributed by atoms with Crippen molar-refractivity contribution in [1.82, 2.24) is 0 Å². The maximum Gasteiger partial charge on any atom is 0.304 e. The van der Waals surface area contributed by atoms with Crippen molar-refractivity contribution in [3.63, 3.8) is 0 Å². The third-order valence-electron chi connectivity index (χ3n) is 4.40. The molecule has 0 spiro atoms. The molecular weight excluding hydrogens is 362 g/mol. The lowest BCUT2D eigenvalue weighted by Gasteiger charge is -2.25. The average molecular weight is 385 g/mol. The van der Waals surface area contributed by atoms with Crippen LogP contribution in [0.2, 0.25) is 0 Å². The molecule has 0 saturated heterocycles. The number of ether oxygens (including phenoxy) is 1. The number of carboxylic acid groups (broad SMARTS) is 1. The van der Waals surface area contributed by atoms with E-state index < -0.39 is 5.97 Å². The number of benzene rings is 2. The van der Waals surface area contributed by atoms with Gasteiger partial charge in [-0.15, -0.1) is 0 Å². The fourth-order valence-corrected chi connectivity index (χ4v) is 3.99. The summed E-state index contributed by atoms with van der Waals surface area (Å²) in [5, 5.41) is 11.6. The Morgan fingerprint density at radius 1 is 1.19 bits per heavy atom. The number of rotatable bonds is 8. The molecule has 1 atom stereocenters. The van der Waals surface area contributed by atoms with Gasteiger partial charge in [-0.1, -0.05) is 36.4 Å². The lowest BCUT2D eigenvalue weighted by atomic mass is 9.95. The molecule has 2 aromatic rings. The molecular formula is C21H23NO4S. The van der Waals surface area contributed by atoms with Crippen molar-refractivity contribution in [1.29, 1.82) is 0 Å². The van der Waals surface area contributed by atoms with Gasteiger partial charge in [0.05, 0.1) is 25.6 Å². The van der Waals surface area contributed by atoms with Gasteiger partial charge in [0.15, 0.2) is 0 Å². The maximum absolute atomic E-state index is 12.5. The molecule has 1 amide bonds. The number of hydrogen-bond donors (Lipinski definition) is 2. The van der Waals surface area contributed by atoms with E-state index in [-0.39, 0.29) is 24.9 Å². The Hall–Kier alpha value is -2.31. The first kappa shape index (κ1) is 19.5. The predicted molar refractivity (Wildman–Crippen MR) is 107 cm³/mol. The van der Waals surface area contributed by atoms with Crippen LogP contribution in [0.5, 0.6) is 0 Å². The smallest absolute Gasteiger partial charge is 0.304 e. The van der Waals surface area contributed by atoms with Crippen molar-refractivity contribution in [2.75, 3.05) is 17.7 Å². The number of thioether (sulfide) groups is 1. The van der Waals surface area contributed by atoms with Gasteiger partial charge in [0.1, 0.15) is 0 Å². The number of carbonyl (C=O) groups excluding carboxylic acids is 1. The summed E-state index contributed by atoms with van der Waals surface area (Å²) in [6.07, 6.45) is 1.12. The molecule has 1 unspecified atom stereocenters. The number of carboxylic acids is 1. The average Bonchev–Trinajstić information content (AvgIpc) is 2.66. The van der Waals surface area contributed by atoms with Crippen LogP contribution < -0.4 is 5.32 Å². The Morgan fingerprint density at radius 2 is 2.04 bits per heavy atom. The monoisotopic (exact) mass is 385 g/mol. The molecule has 1 aliphatic heterocycles. The molecule has 2 N–H and O–H groups in total. The second kappa shape index (κ2) is 9.58. The van der Waals surface area contributed by atoms with Gasteiger partial charge in [0.25, 0.3) is 0 Å². The van der Waals surface area contributed by atoms with Gasteiger partial charge < -0.3 is 15.2 Å². The molecule has 5 nitrogen and oxygen atoms in total. The number of fused-ring (bicyclic) bond motifs is 1. The highest BCUT2D eigenvalue weighted by Gasteiger charge is 2.23. The van der Waals surface area contributed by atoms with Crippen LogP contribution in [0.4, 0.5) is 5.69 Å². The van der Waals surface area contributed by atoms with Crippen LogP contribution in [-0.4, -0.2) is 29.3 Å². The lowest BCUT2D eigenvalue weighted by Crippen LogP contribution is -2.22. The molecule has 142 valence electrons. The van der Waals surface area contributed by atoms with E-state index in [1.54, 1.807) is 11.8 Å². The summed E-state index contributed by atoms with van der Waals surface area (Å²) in [7, 11) is 0. The van der Waals surface area contributed by atoms with Crippen molar-refractivity contribution < 1.29 is 19.4 Å². The minimum atomic E-state index is -0.782. The molecule has 6 heteroatoms. The summed E-state index contributed by atoms with van der Waals surface area (Å²) < 4.78 is 5.81. The van der Waals surface area contributed by atoms with Gasteiger partial charge in [-0.05, 0) is 35.2 Å². The van der Waals surface area contributed by atoms with Crippen LogP contribution in [0.3, 0.4) is 0 Å². The molecule has 0 fully saturated rings. The van der Waals surface area contributed by atoms with E-state index in [9.17, 15) is 9.59 Å². The normalized spacial score (nSPS) is 15.8. The van der Waals surface area contributed by atoms with Crippen molar-refractivity contribution >= 4 is 29.3 Å². The van der Waals surface area contributed by atoms with E-state index in [4.69, 9.17) is 9.84 Å². The first-order valence-corrected chi connectivity index (χ1v) is 10.1. The zero-order chi connectivity index (χ0) is 19.1. The summed E-state index contributed by atoms with van der Waals surface area (Å²) in [5.74, 6) is 0.433. The Morgan fingerprint density at radius 3 is 2.89 bits per heavy atom. The minimum absolute atomic E-state index is 0.0765. The first-order chi connectivity index (χ1) is 13.1. The highest BCUT2D eigenvalue weighted by atomic mass is 32.2. The molecule has 0 radical (unpaired) electrons. The van der Waals surface area contributed by atoms with Gasteiger partial charge in [-0.25, -0.2) is 0 Å². The third-order valence-corrected chi connectivity index (χ3v) is 5.43. The summed E-state index contributed by atoms with van der Waals surface area (Å²) in [4.78, 5) is 23.0. The summed E-state index contributed by atoms with van der Waals surface area (Å²) >= 11 is 1.57. The zero-order valence-corrected chi connectivity index (χ0v) is 15.8. The zero-order valence-electron chi connectivity index (χ0n) is 15.0. The van der Waals surface area contributed by atoms with Crippen LogP contribution in [0.25, 0.3) is 0 Å². The number of nitrogens with one attached hydrogen (secondary N) is 1. The minimum Gasteiger partial charge on any atom is -0.481 e. The molecule has 0 bridgehead atoms. The molecule has 0 saturated carbocycles. The van der Waals surface area contributed by atoms with Gasteiger partial charge in [-0.2, -0.15) is 11.8 Å². The topological polar surface area (TPSA) is 75.6 Å². The number of carbonyl (C=O) groups is 2.